The molecule has 2 aromatic carbocycles. The maximum atomic E-state index is 10.5. The lowest BCUT2D eigenvalue weighted by atomic mass is 10.2. The second kappa shape index (κ2) is 10.9. The molecule has 0 bridgehead atoms. The van der Waals surface area contributed by atoms with Crippen LogP contribution < -0.4 is 20.4 Å². The monoisotopic (exact) mass is 410 g/mol. The zero-order valence-corrected chi connectivity index (χ0v) is 16.3. The molecule has 28 heavy (non-hydrogen) atoms. The molecule has 0 radical (unpaired) electrons. The van der Waals surface area contributed by atoms with Crippen molar-refractivity contribution in [1.82, 2.24) is 10.9 Å². The minimum Gasteiger partial charge on any atom is -0.493 e. The molecule has 0 spiro atoms. The fourth-order valence-corrected chi connectivity index (χ4v) is 2.40. The summed E-state index contributed by atoms with van der Waals surface area (Å²) in [5.41, 5.74) is 5.51. The topological polar surface area (TPSA) is 153 Å². The maximum Gasteiger partial charge on any atom is 0.294 e. The lowest BCUT2D eigenvalue weighted by Crippen LogP contribution is -2.30. The minimum atomic E-state index is -4.02. The van der Waals surface area contributed by atoms with Crippen LogP contribution in [0.5, 0.6) is 11.5 Å². The third-order valence-electron chi connectivity index (χ3n) is 3.24. The molecule has 0 amide bonds. The number of aryl methyl sites for hydroxylation is 1. The van der Waals surface area contributed by atoms with E-state index in [4.69, 9.17) is 24.6 Å². The summed E-state index contributed by atoms with van der Waals surface area (Å²) < 4.78 is 39.9. The number of hydroxylamine groups is 1. The molecule has 0 aromatic heterocycles. The smallest absolute Gasteiger partial charge is 0.294 e. The van der Waals surface area contributed by atoms with Gasteiger partial charge >= 0.3 is 0 Å². The number of nitrogens with zero attached hydrogens (tertiary/aromatic N) is 1. The summed E-state index contributed by atoms with van der Waals surface area (Å²) >= 11 is 0. The summed E-state index contributed by atoms with van der Waals surface area (Å²) in [7, 11) is -0.948. The third kappa shape index (κ3) is 7.23. The molecule has 0 saturated heterocycles. The zero-order chi connectivity index (χ0) is 21.2. The number of benzene rings is 2. The van der Waals surface area contributed by atoms with Gasteiger partial charge in [0, 0.05) is 5.56 Å². The van der Waals surface area contributed by atoms with Gasteiger partial charge in [-0.2, -0.15) is 13.5 Å². The van der Waals surface area contributed by atoms with E-state index in [9.17, 15) is 8.42 Å². The summed E-state index contributed by atoms with van der Waals surface area (Å²) in [6.45, 7) is 1.84. The maximum absolute atomic E-state index is 10.5. The van der Waals surface area contributed by atoms with E-state index >= 15 is 0 Å². The Labute approximate surface area is 163 Å². The molecule has 2 aromatic rings. The number of hydrogen-bond acceptors (Lipinski definition) is 7. The van der Waals surface area contributed by atoms with E-state index in [2.05, 4.69) is 10.5 Å². The molecular weight excluding hydrogens is 388 g/mol. The number of rotatable bonds is 5. The Morgan fingerprint density at radius 1 is 1.14 bits per heavy atom. The van der Waals surface area contributed by atoms with Gasteiger partial charge in [0.05, 0.1) is 25.3 Å². The van der Waals surface area contributed by atoms with Crippen molar-refractivity contribution >= 4 is 22.3 Å². The van der Waals surface area contributed by atoms with Crippen molar-refractivity contribution in [1.29, 1.82) is 5.41 Å². The van der Waals surface area contributed by atoms with Crippen LogP contribution in [0.15, 0.2) is 52.5 Å². The van der Waals surface area contributed by atoms with Crippen molar-refractivity contribution in [2.75, 3.05) is 14.2 Å². The molecule has 0 heterocycles. The van der Waals surface area contributed by atoms with E-state index in [-0.39, 0.29) is 10.9 Å². The molecule has 2 rings (SSSR count). The Bertz CT molecular complexity index is 914. The molecule has 0 aliphatic rings. The highest BCUT2D eigenvalue weighted by Gasteiger charge is 2.07. The summed E-state index contributed by atoms with van der Waals surface area (Å²) in [4.78, 5) is -0.0666. The summed E-state index contributed by atoms with van der Waals surface area (Å²) in [6, 6.07) is 11.3. The molecule has 0 aliphatic carbocycles. The van der Waals surface area contributed by atoms with Gasteiger partial charge in [0.25, 0.3) is 10.1 Å². The number of guanidine groups is 1. The number of ether oxygens (including phenoxy) is 2. The molecule has 152 valence electrons. The Kier molecular flexibility index (Phi) is 8.88. The number of methoxy groups -OCH3 is 2. The van der Waals surface area contributed by atoms with Gasteiger partial charge in [0.2, 0.25) is 5.96 Å². The van der Waals surface area contributed by atoms with E-state index in [1.54, 1.807) is 42.9 Å². The number of hydrazone groups is 1. The van der Waals surface area contributed by atoms with Crippen molar-refractivity contribution in [2.24, 2.45) is 5.10 Å². The summed E-state index contributed by atoms with van der Waals surface area (Å²) in [5.74, 6) is 0.805. The van der Waals surface area contributed by atoms with Crippen LogP contribution in [0.4, 0.5) is 0 Å². The molecule has 5 N–H and O–H groups in total. The van der Waals surface area contributed by atoms with Crippen molar-refractivity contribution in [2.45, 2.75) is 11.8 Å². The van der Waals surface area contributed by atoms with Crippen LogP contribution in [-0.2, 0) is 10.1 Å². The van der Waals surface area contributed by atoms with Crippen molar-refractivity contribution in [3.05, 3.63) is 53.6 Å². The van der Waals surface area contributed by atoms with Crippen molar-refractivity contribution < 1.29 is 27.7 Å². The lowest BCUT2D eigenvalue weighted by Gasteiger charge is -2.09. The van der Waals surface area contributed by atoms with Crippen molar-refractivity contribution in [3.63, 3.8) is 0 Å². The largest absolute Gasteiger partial charge is 0.493 e. The molecule has 0 atom stereocenters. The van der Waals surface area contributed by atoms with Crippen LogP contribution in [0.3, 0.4) is 0 Å². The third-order valence-corrected chi connectivity index (χ3v) is 4.11. The van der Waals surface area contributed by atoms with E-state index in [0.29, 0.717) is 17.1 Å². The van der Waals surface area contributed by atoms with E-state index in [1.807, 2.05) is 6.92 Å². The van der Waals surface area contributed by atoms with Crippen LogP contribution in [0.25, 0.3) is 0 Å². The first-order valence-electron chi connectivity index (χ1n) is 7.75. The lowest BCUT2D eigenvalue weighted by molar-refractivity contribution is 0.228. The Morgan fingerprint density at radius 2 is 1.79 bits per heavy atom. The molecule has 10 nitrogen and oxygen atoms in total. The van der Waals surface area contributed by atoms with Gasteiger partial charge in [-0.1, -0.05) is 23.8 Å². The number of hydrogen-bond donors (Lipinski definition) is 5. The average Bonchev–Trinajstić information content (AvgIpc) is 2.67. The standard InChI is InChI=1S/C10H14N4O3.C7H8O3S/c1-16-8-5-3-4-7(9(8)17-2)6-12-13-10(11)14-15;1-6-2-4-7(5-3-6)11(8,9)10/h3-6,15H,1-2H3,(H3,11,13,14);2-5H,1H3,(H,8,9,10)/b12-6+;. The Hall–Kier alpha value is -3.15. The van der Waals surface area contributed by atoms with Gasteiger partial charge in [-0.05, 0) is 31.2 Å². The first-order chi connectivity index (χ1) is 13.2. The second-order valence-electron chi connectivity index (χ2n) is 5.23. The van der Waals surface area contributed by atoms with Crippen molar-refractivity contribution in [3.8, 4) is 11.5 Å². The highest BCUT2D eigenvalue weighted by molar-refractivity contribution is 7.85. The zero-order valence-electron chi connectivity index (χ0n) is 15.5. The van der Waals surface area contributed by atoms with E-state index in [1.165, 1.54) is 25.5 Å². The predicted molar refractivity (Wildman–Crippen MR) is 104 cm³/mol. The van der Waals surface area contributed by atoms with Gasteiger partial charge in [-0.25, -0.2) is 10.9 Å². The van der Waals surface area contributed by atoms with Crippen LogP contribution in [0, 0.1) is 12.3 Å². The molecule has 0 unspecified atom stereocenters. The second-order valence-corrected chi connectivity index (χ2v) is 6.65. The van der Waals surface area contributed by atoms with E-state index < -0.39 is 10.1 Å². The molecule has 0 fully saturated rings. The minimum absolute atomic E-state index is 0.0666. The average molecular weight is 410 g/mol. The first kappa shape index (κ1) is 22.9. The fraction of sp³-hybridized carbons (Fsp3) is 0.176. The highest BCUT2D eigenvalue weighted by Crippen LogP contribution is 2.29. The normalized spacial score (nSPS) is 10.6. The fourth-order valence-electron chi connectivity index (χ4n) is 1.92. The van der Waals surface area contributed by atoms with E-state index in [0.717, 1.165) is 5.56 Å². The first-order valence-corrected chi connectivity index (χ1v) is 9.19. The summed E-state index contributed by atoms with van der Waals surface area (Å²) in [6.07, 6.45) is 1.45. The van der Waals surface area contributed by atoms with Gasteiger partial charge in [0.1, 0.15) is 0 Å². The van der Waals surface area contributed by atoms with Gasteiger partial charge in [-0.15, -0.1) is 0 Å². The predicted octanol–water partition coefficient (Wildman–Crippen LogP) is 1.78. The molecule has 0 saturated carbocycles. The molecule has 0 aliphatic heterocycles. The van der Waals surface area contributed by atoms with Crippen LogP contribution in [0.1, 0.15) is 11.1 Å². The van der Waals surface area contributed by atoms with Crippen LogP contribution >= 0.6 is 0 Å². The van der Waals surface area contributed by atoms with Gasteiger partial charge in [-0.3, -0.25) is 15.2 Å². The Morgan fingerprint density at radius 3 is 2.29 bits per heavy atom. The molecular formula is C17H22N4O6S. The van der Waals surface area contributed by atoms with Crippen LogP contribution in [0.2, 0.25) is 0 Å². The van der Waals surface area contributed by atoms with Gasteiger partial charge < -0.3 is 9.47 Å². The highest BCUT2D eigenvalue weighted by atomic mass is 32.2. The SMILES string of the molecule is COc1cccc(/C=N/NC(=N)NO)c1OC.Cc1ccc(S(=O)(=O)O)cc1. The quantitative estimate of drug-likeness (QED) is 0.216. The Balaban J connectivity index is 0.000000307. The van der Waals surface area contributed by atoms with Gasteiger partial charge in [0.15, 0.2) is 11.5 Å². The number of para-hydroxylation sites is 1. The van der Waals surface area contributed by atoms with Crippen LogP contribution in [-0.4, -0.2) is 44.6 Å². The summed E-state index contributed by atoms with van der Waals surface area (Å²) in [5, 5.41) is 19.1. The number of nitrogens with one attached hydrogen (secondary N) is 3. The molecule has 11 heteroatoms.